The first-order chi connectivity index (χ1) is 7.13. The Bertz CT molecular complexity index is 347. The number of hydrogen-bond acceptors (Lipinski definition) is 3. The SMILES string of the molecule is COc1cc(C(F)F)c(CCl)nc1OC. The van der Waals surface area contributed by atoms with Gasteiger partial charge in [-0.3, -0.25) is 0 Å². The first kappa shape index (κ1) is 12.0. The first-order valence-corrected chi connectivity index (χ1v) is 4.63. The molecule has 3 nitrogen and oxygen atoms in total. The molecule has 0 aromatic carbocycles. The fraction of sp³-hybridized carbons (Fsp3) is 0.444. The van der Waals surface area contributed by atoms with Gasteiger partial charge in [0.15, 0.2) is 5.75 Å². The highest BCUT2D eigenvalue weighted by molar-refractivity contribution is 6.17. The molecule has 15 heavy (non-hydrogen) atoms. The van der Waals surface area contributed by atoms with Crippen LogP contribution in [-0.2, 0) is 5.88 Å². The average molecular weight is 238 g/mol. The van der Waals surface area contributed by atoms with Gasteiger partial charge in [0, 0.05) is 5.56 Å². The van der Waals surface area contributed by atoms with E-state index < -0.39 is 6.43 Å². The minimum Gasteiger partial charge on any atom is -0.491 e. The lowest BCUT2D eigenvalue weighted by molar-refractivity contribution is 0.149. The second-order valence-corrected chi connectivity index (χ2v) is 2.94. The van der Waals surface area contributed by atoms with Crippen LogP contribution < -0.4 is 9.47 Å². The summed E-state index contributed by atoms with van der Waals surface area (Å²) >= 11 is 5.51. The van der Waals surface area contributed by atoms with Crippen LogP contribution >= 0.6 is 11.6 Å². The largest absolute Gasteiger partial charge is 0.491 e. The second kappa shape index (κ2) is 5.11. The maximum Gasteiger partial charge on any atom is 0.265 e. The molecule has 0 bridgehead atoms. The van der Waals surface area contributed by atoms with Crippen LogP contribution in [-0.4, -0.2) is 19.2 Å². The zero-order valence-corrected chi connectivity index (χ0v) is 9.02. The van der Waals surface area contributed by atoms with Gasteiger partial charge in [0.1, 0.15) is 0 Å². The van der Waals surface area contributed by atoms with Gasteiger partial charge in [0.25, 0.3) is 12.3 Å². The van der Waals surface area contributed by atoms with Gasteiger partial charge >= 0.3 is 0 Å². The summed E-state index contributed by atoms with van der Waals surface area (Å²) in [4.78, 5) is 3.84. The Kier molecular flexibility index (Phi) is 4.08. The summed E-state index contributed by atoms with van der Waals surface area (Å²) in [5.74, 6) is 0.222. The fourth-order valence-corrected chi connectivity index (χ4v) is 1.33. The highest BCUT2D eigenvalue weighted by atomic mass is 35.5. The molecule has 0 spiro atoms. The number of aromatic nitrogens is 1. The molecule has 0 aliphatic rings. The predicted molar refractivity (Wildman–Crippen MR) is 51.9 cm³/mol. The van der Waals surface area contributed by atoms with Crippen LogP contribution in [0.25, 0.3) is 0 Å². The number of pyridine rings is 1. The maximum atomic E-state index is 12.6. The van der Waals surface area contributed by atoms with E-state index in [0.29, 0.717) is 0 Å². The van der Waals surface area contributed by atoms with Crippen molar-refractivity contribution in [3.63, 3.8) is 0 Å². The van der Waals surface area contributed by atoms with Crippen molar-refractivity contribution in [3.8, 4) is 11.6 Å². The highest BCUT2D eigenvalue weighted by Gasteiger charge is 2.18. The molecule has 1 rings (SSSR count). The third-order valence-corrected chi connectivity index (χ3v) is 2.10. The molecule has 0 saturated heterocycles. The highest BCUT2D eigenvalue weighted by Crippen LogP contribution is 2.32. The summed E-state index contributed by atoms with van der Waals surface area (Å²) in [6.45, 7) is 0. The number of nitrogens with zero attached hydrogens (tertiary/aromatic N) is 1. The van der Waals surface area contributed by atoms with Gasteiger partial charge < -0.3 is 9.47 Å². The molecule has 1 aromatic rings. The molecule has 6 heteroatoms. The summed E-state index contributed by atoms with van der Waals surface area (Å²) in [5, 5.41) is 0. The van der Waals surface area contributed by atoms with Crippen molar-refractivity contribution in [2.24, 2.45) is 0 Å². The van der Waals surface area contributed by atoms with Crippen molar-refractivity contribution in [2.45, 2.75) is 12.3 Å². The normalized spacial score (nSPS) is 10.5. The van der Waals surface area contributed by atoms with E-state index in [-0.39, 0.29) is 28.8 Å². The summed E-state index contributed by atoms with van der Waals surface area (Å²) in [5.41, 5.74) is -0.132. The Hall–Kier alpha value is -1.10. The summed E-state index contributed by atoms with van der Waals surface area (Å²) in [6.07, 6.45) is -2.63. The van der Waals surface area contributed by atoms with Crippen LogP contribution in [0.5, 0.6) is 11.6 Å². The van der Waals surface area contributed by atoms with Gasteiger partial charge in [0.05, 0.1) is 25.8 Å². The number of rotatable bonds is 4. The van der Waals surface area contributed by atoms with E-state index in [1.54, 1.807) is 0 Å². The van der Waals surface area contributed by atoms with E-state index in [1.165, 1.54) is 20.3 Å². The Morgan fingerprint density at radius 2 is 2.07 bits per heavy atom. The lowest BCUT2D eigenvalue weighted by Crippen LogP contribution is -2.01. The molecule has 84 valence electrons. The summed E-state index contributed by atoms with van der Waals surface area (Å²) in [6, 6.07) is 1.19. The van der Waals surface area contributed by atoms with Crippen LogP contribution in [0.4, 0.5) is 8.78 Å². The number of alkyl halides is 3. The van der Waals surface area contributed by atoms with Crippen LogP contribution in [0.1, 0.15) is 17.7 Å². The van der Waals surface area contributed by atoms with Crippen molar-refractivity contribution in [3.05, 3.63) is 17.3 Å². The molecule has 0 radical (unpaired) electrons. The van der Waals surface area contributed by atoms with Gasteiger partial charge in [-0.15, -0.1) is 11.6 Å². The molecule has 1 aromatic heterocycles. The predicted octanol–water partition coefficient (Wildman–Crippen LogP) is 2.78. The van der Waals surface area contributed by atoms with Crippen LogP contribution in [0, 0.1) is 0 Å². The van der Waals surface area contributed by atoms with Gasteiger partial charge in [-0.05, 0) is 6.07 Å². The summed E-state index contributed by atoms with van der Waals surface area (Å²) < 4.78 is 34.9. The quantitative estimate of drug-likeness (QED) is 0.755. The van der Waals surface area contributed by atoms with Gasteiger partial charge in [-0.2, -0.15) is 0 Å². The Morgan fingerprint density at radius 3 is 2.47 bits per heavy atom. The molecule has 1 heterocycles. The van der Waals surface area contributed by atoms with E-state index in [9.17, 15) is 8.78 Å². The second-order valence-electron chi connectivity index (χ2n) is 2.67. The zero-order chi connectivity index (χ0) is 11.4. The van der Waals surface area contributed by atoms with E-state index in [0.717, 1.165) is 0 Å². The molecule has 0 saturated carbocycles. The lowest BCUT2D eigenvalue weighted by atomic mass is 10.2. The topological polar surface area (TPSA) is 31.4 Å². The number of ether oxygens (including phenoxy) is 2. The van der Waals surface area contributed by atoms with Crippen molar-refractivity contribution < 1.29 is 18.3 Å². The van der Waals surface area contributed by atoms with Crippen LogP contribution in [0.15, 0.2) is 6.07 Å². The van der Waals surface area contributed by atoms with Crippen molar-refractivity contribution in [2.75, 3.05) is 14.2 Å². The third kappa shape index (κ3) is 2.47. The van der Waals surface area contributed by atoms with Crippen molar-refractivity contribution in [1.82, 2.24) is 4.98 Å². The first-order valence-electron chi connectivity index (χ1n) is 4.10. The monoisotopic (exact) mass is 237 g/mol. The standard InChI is InChI=1S/C9H10ClF2NO2/c1-14-7-3-5(8(11)12)6(4-10)13-9(7)15-2/h3,8H,4H2,1-2H3. The van der Waals surface area contributed by atoms with Gasteiger partial charge in [0.2, 0.25) is 0 Å². The fourth-order valence-electron chi connectivity index (χ4n) is 1.12. The minimum absolute atomic E-state index is 0.0972. The number of methoxy groups -OCH3 is 2. The summed E-state index contributed by atoms with van der Waals surface area (Å²) in [7, 11) is 2.74. The van der Waals surface area contributed by atoms with Crippen molar-refractivity contribution >= 4 is 11.6 Å². The van der Waals surface area contributed by atoms with Crippen molar-refractivity contribution in [1.29, 1.82) is 0 Å². The third-order valence-electron chi connectivity index (χ3n) is 1.84. The Labute approximate surface area is 91.0 Å². The zero-order valence-electron chi connectivity index (χ0n) is 8.26. The number of hydrogen-bond donors (Lipinski definition) is 0. The molecule has 0 aliphatic carbocycles. The van der Waals surface area contributed by atoms with Crippen LogP contribution in [0.3, 0.4) is 0 Å². The molecule has 0 fully saturated rings. The Balaban J connectivity index is 3.27. The molecule has 0 aliphatic heterocycles. The van der Waals surface area contributed by atoms with Crippen LogP contribution in [0.2, 0.25) is 0 Å². The van der Waals surface area contributed by atoms with Gasteiger partial charge in [-0.25, -0.2) is 13.8 Å². The minimum atomic E-state index is -2.63. The molecule has 0 atom stereocenters. The number of halogens is 3. The lowest BCUT2D eigenvalue weighted by Gasteiger charge is -2.11. The van der Waals surface area contributed by atoms with Gasteiger partial charge in [-0.1, -0.05) is 0 Å². The molecule has 0 amide bonds. The average Bonchev–Trinajstić information content (AvgIpc) is 2.26. The molecular weight excluding hydrogens is 228 g/mol. The maximum absolute atomic E-state index is 12.6. The Morgan fingerprint density at radius 1 is 1.40 bits per heavy atom. The molecule has 0 N–H and O–H groups in total. The van der Waals surface area contributed by atoms with E-state index in [1.807, 2.05) is 0 Å². The molecule has 0 unspecified atom stereocenters. The van der Waals surface area contributed by atoms with E-state index in [4.69, 9.17) is 21.1 Å². The smallest absolute Gasteiger partial charge is 0.265 e. The molecular formula is C9H10ClF2NO2. The van der Waals surface area contributed by atoms with E-state index in [2.05, 4.69) is 4.98 Å². The van der Waals surface area contributed by atoms with E-state index >= 15 is 0 Å².